The van der Waals surface area contributed by atoms with Crippen LogP contribution in [0.3, 0.4) is 0 Å². The van der Waals surface area contributed by atoms with Gasteiger partial charge in [0.15, 0.2) is 0 Å². The maximum atomic E-state index is 12.1. The van der Waals surface area contributed by atoms with Gasteiger partial charge in [0.2, 0.25) is 5.91 Å². The molecule has 0 spiro atoms. The fourth-order valence-corrected chi connectivity index (χ4v) is 2.71. The summed E-state index contributed by atoms with van der Waals surface area (Å²) >= 11 is 5.95. The lowest BCUT2D eigenvalue weighted by Crippen LogP contribution is -2.48. The van der Waals surface area contributed by atoms with E-state index in [2.05, 4.69) is 10.2 Å². The van der Waals surface area contributed by atoms with Crippen molar-refractivity contribution in [1.29, 1.82) is 0 Å². The Hall–Kier alpha value is -1.10. The Morgan fingerprint density at radius 1 is 1.40 bits per heavy atom. The van der Waals surface area contributed by atoms with E-state index in [1.165, 1.54) is 0 Å². The topological polar surface area (TPSA) is 41.6 Å². The van der Waals surface area contributed by atoms with Crippen molar-refractivity contribution in [3.63, 3.8) is 0 Å². The Morgan fingerprint density at radius 2 is 2.05 bits per heavy atom. The van der Waals surface area contributed by atoms with Crippen LogP contribution in [0, 0.1) is 6.92 Å². The molecule has 0 bridgehead atoms. The van der Waals surface area contributed by atoms with E-state index in [0.29, 0.717) is 11.6 Å². The molecule has 1 aromatic rings. The summed E-state index contributed by atoms with van der Waals surface area (Å²) in [4.78, 5) is 14.2. The molecule has 1 fully saturated rings. The van der Waals surface area contributed by atoms with E-state index in [-0.39, 0.29) is 18.1 Å². The molecule has 110 valence electrons. The normalized spacial score (nSPS) is 23.6. The highest BCUT2D eigenvalue weighted by Crippen LogP contribution is 2.20. The van der Waals surface area contributed by atoms with Crippen LogP contribution in [0.4, 0.5) is 5.69 Å². The van der Waals surface area contributed by atoms with E-state index >= 15 is 0 Å². The van der Waals surface area contributed by atoms with Crippen molar-refractivity contribution in [2.24, 2.45) is 0 Å². The van der Waals surface area contributed by atoms with Crippen LogP contribution >= 0.6 is 11.6 Å². The largest absolute Gasteiger partial charge is 0.373 e. The van der Waals surface area contributed by atoms with Crippen molar-refractivity contribution >= 4 is 23.2 Å². The number of morpholine rings is 1. The molecule has 0 aromatic heterocycles. The number of hydrogen-bond acceptors (Lipinski definition) is 3. The summed E-state index contributed by atoms with van der Waals surface area (Å²) in [6.07, 6.45) is 0.332. The minimum Gasteiger partial charge on any atom is -0.373 e. The molecule has 0 radical (unpaired) electrons. The van der Waals surface area contributed by atoms with E-state index in [0.717, 1.165) is 24.3 Å². The molecule has 1 aliphatic rings. The number of amides is 1. The number of nitrogens with one attached hydrogen (secondary N) is 1. The predicted octanol–water partition coefficient (Wildman–Crippen LogP) is 2.70. The molecule has 0 unspecified atom stereocenters. The Morgan fingerprint density at radius 3 is 2.70 bits per heavy atom. The first kappa shape index (κ1) is 15.3. The van der Waals surface area contributed by atoms with Gasteiger partial charge in [-0.25, -0.2) is 0 Å². The van der Waals surface area contributed by atoms with Crippen LogP contribution in [0.15, 0.2) is 18.2 Å². The molecular weight excluding hydrogens is 276 g/mol. The number of benzene rings is 1. The number of rotatable bonds is 3. The zero-order valence-electron chi connectivity index (χ0n) is 12.1. The number of halogens is 1. The van der Waals surface area contributed by atoms with Gasteiger partial charge in [-0.1, -0.05) is 17.7 Å². The number of hydrogen-bond donors (Lipinski definition) is 1. The van der Waals surface area contributed by atoms with Gasteiger partial charge in [-0.15, -0.1) is 0 Å². The quantitative estimate of drug-likeness (QED) is 0.932. The molecule has 2 rings (SSSR count). The monoisotopic (exact) mass is 296 g/mol. The molecule has 5 heteroatoms. The Kier molecular flexibility index (Phi) is 5.02. The summed E-state index contributed by atoms with van der Waals surface area (Å²) in [7, 11) is 0. The predicted molar refractivity (Wildman–Crippen MR) is 81.3 cm³/mol. The average molecular weight is 297 g/mol. The molecular formula is C15H21ClN2O2. The van der Waals surface area contributed by atoms with E-state index in [1.54, 1.807) is 6.07 Å². The van der Waals surface area contributed by atoms with E-state index in [1.807, 2.05) is 32.9 Å². The van der Waals surface area contributed by atoms with Crippen LogP contribution in [-0.2, 0) is 9.53 Å². The number of ether oxygens (including phenoxy) is 1. The van der Waals surface area contributed by atoms with Crippen LogP contribution in [-0.4, -0.2) is 42.6 Å². The Labute approximate surface area is 125 Å². The number of carbonyl (C=O) groups is 1. The van der Waals surface area contributed by atoms with Gasteiger partial charge in [-0.2, -0.15) is 0 Å². The number of anilines is 1. The SMILES string of the molecule is Cc1ccc(Cl)cc1NC(=O)CN1C[C@@H](C)O[C@@H](C)C1. The number of aryl methyl sites for hydroxylation is 1. The maximum Gasteiger partial charge on any atom is 0.238 e. The molecule has 1 amide bonds. The summed E-state index contributed by atoms with van der Waals surface area (Å²) in [5, 5.41) is 3.55. The lowest BCUT2D eigenvalue weighted by molar-refractivity contribution is -0.121. The highest BCUT2D eigenvalue weighted by Gasteiger charge is 2.23. The van der Waals surface area contributed by atoms with Gasteiger partial charge in [-0.05, 0) is 38.5 Å². The van der Waals surface area contributed by atoms with Gasteiger partial charge in [0, 0.05) is 23.8 Å². The van der Waals surface area contributed by atoms with Crippen molar-refractivity contribution in [1.82, 2.24) is 4.90 Å². The third-order valence-electron chi connectivity index (χ3n) is 3.34. The van der Waals surface area contributed by atoms with Crippen LogP contribution in [0.5, 0.6) is 0 Å². The molecule has 1 aliphatic heterocycles. The second-order valence-electron chi connectivity index (χ2n) is 5.46. The van der Waals surface area contributed by atoms with Crippen molar-refractivity contribution < 1.29 is 9.53 Å². The molecule has 0 aliphatic carbocycles. The molecule has 20 heavy (non-hydrogen) atoms. The summed E-state index contributed by atoms with van der Waals surface area (Å²) in [6.45, 7) is 7.96. The first-order chi connectivity index (χ1) is 9.44. The molecule has 1 heterocycles. The summed E-state index contributed by atoms with van der Waals surface area (Å²) < 4.78 is 5.66. The van der Waals surface area contributed by atoms with Gasteiger partial charge < -0.3 is 10.1 Å². The van der Waals surface area contributed by atoms with Crippen molar-refractivity contribution in [3.05, 3.63) is 28.8 Å². The second kappa shape index (κ2) is 6.57. The van der Waals surface area contributed by atoms with Gasteiger partial charge in [0.25, 0.3) is 0 Å². The zero-order valence-corrected chi connectivity index (χ0v) is 12.9. The average Bonchev–Trinajstić information content (AvgIpc) is 2.32. The molecule has 1 N–H and O–H groups in total. The van der Waals surface area contributed by atoms with E-state index < -0.39 is 0 Å². The van der Waals surface area contributed by atoms with Gasteiger partial charge >= 0.3 is 0 Å². The maximum absolute atomic E-state index is 12.1. The first-order valence-electron chi connectivity index (χ1n) is 6.88. The first-order valence-corrected chi connectivity index (χ1v) is 7.25. The Bertz CT molecular complexity index is 483. The van der Waals surface area contributed by atoms with Crippen molar-refractivity contribution in [2.75, 3.05) is 25.0 Å². The van der Waals surface area contributed by atoms with Crippen molar-refractivity contribution in [3.8, 4) is 0 Å². The van der Waals surface area contributed by atoms with Crippen molar-refractivity contribution in [2.45, 2.75) is 33.0 Å². The van der Waals surface area contributed by atoms with E-state index in [4.69, 9.17) is 16.3 Å². The molecule has 0 saturated carbocycles. The number of carbonyl (C=O) groups excluding carboxylic acids is 1. The summed E-state index contributed by atoms with van der Waals surface area (Å²) in [5.41, 5.74) is 1.78. The summed E-state index contributed by atoms with van der Waals surface area (Å²) in [5.74, 6) is -0.0170. The fraction of sp³-hybridized carbons (Fsp3) is 0.533. The minimum absolute atomic E-state index is 0.0170. The molecule has 4 nitrogen and oxygen atoms in total. The second-order valence-corrected chi connectivity index (χ2v) is 5.90. The fourth-order valence-electron chi connectivity index (χ4n) is 2.54. The van der Waals surface area contributed by atoms with Gasteiger partial charge in [0.1, 0.15) is 0 Å². The Balaban J connectivity index is 1.93. The molecule has 1 aromatic carbocycles. The zero-order chi connectivity index (χ0) is 14.7. The summed E-state index contributed by atoms with van der Waals surface area (Å²) in [6, 6.07) is 5.49. The third kappa shape index (κ3) is 4.20. The highest BCUT2D eigenvalue weighted by atomic mass is 35.5. The molecule has 2 atom stereocenters. The van der Waals surface area contributed by atoms with Gasteiger partial charge in [0.05, 0.1) is 18.8 Å². The van der Waals surface area contributed by atoms with Gasteiger partial charge in [-0.3, -0.25) is 9.69 Å². The molecule has 1 saturated heterocycles. The lowest BCUT2D eigenvalue weighted by atomic mass is 10.2. The third-order valence-corrected chi connectivity index (χ3v) is 3.57. The van der Waals surface area contributed by atoms with Crippen LogP contribution in [0.2, 0.25) is 5.02 Å². The van der Waals surface area contributed by atoms with Crippen LogP contribution in [0.25, 0.3) is 0 Å². The standard InChI is InChI=1S/C15H21ClN2O2/c1-10-4-5-13(16)6-14(10)17-15(19)9-18-7-11(2)20-12(3)8-18/h4-6,11-12H,7-9H2,1-3H3,(H,17,19)/t11-,12+. The lowest BCUT2D eigenvalue weighted by Gasteiger charge is -2.34. The minimum atomic E-state index is -0.0170. The smallest absolute Gasteiger partial charge is 0.238 e. The van der Waals surface area contributed by atoms with Crippen LogP contribution in [0.1, 0.15) is 19.4 Å². The highest BCUT2D eigenvalue weighted by molar-refractivity contribution is 6.31. The van der Waals surface area contributed by atoms with E-state index in [9.17, 15) is 4.79 Å². The van der Waals surface area contributed by atoms with Crippen LogP contribution < -0.4 is 5.32 Å². The number of nitrogens with zero attached hydrogens (tertiary/aromatic N) is 1.